The Morgan fingerprint density at radius 2 is 1.81 bits per heavy atom. The molecule has 0 aliphatic heterocycles. The van der Waals surface area contributed by atoms with Gasteiger partial charge in [-0.15, -0.1) is 12.1 Å². The Labute approximate surface area is 139 Å². The first-order chi connectivity index (χ1) is 9.77. The van der Waals surface area contributed by atoms with Crippen LogP contribution in [0.2, 0.25) is 0 Å². The predicted molar refractivity (Wildman–Crippen MR) is 78.0 cm³/mol. The summed E-state index contributed by atoms with van der Waals surface area (Å²) in [5.41, 5.74) is 0.636. The number of pyridine rings is 1. The van der Waals surface area contributed by atoms with Gasteiger partial charge in [-0.1, -0.05) is 44.5 Å². The van der Waals surface area contributed by atoms with Crippen molar-refractivity contribution in [3.8, 4) is 11.3 Å². The SMILES string of the molecule is Fc1c[c-]c(-c2ccccn2)c(F)c1.[CH-]C(C)(C)C.[Cl][Ir+2]. The predicted octanol–water partition coefficient (Wildman–Crippen LogP) is 5.26. The second kappa shape index (κ2) is 9.99. The summed E-state index contributed by atoms with van der Waals surface area (Å²) in [6.07, 6.45) is 1.55. The standard InChI is InChI=1S/C11H6F2N.C5H10.ClH.Ir/c12-8-4-5-9(10(13)7-8)11-3-1-2-6-14-11;1-5(2,3)4;;/h1-4,6-7H;1H,2-4H3;1H;/q2*-1;;+3/p-1. The number of halogens is 3. The van der Waals surface area contributed by atoms with E-state index in [1.165, 1.54) is 17.9 Å². The monoisotopic (exact) mass is 488 g/mol. The number of aromatic nitrogens is 1. The molecule has 0 amide bonds. The molecule has 0 saturated carbocycles. The third-order valence-corrected chi connectivity index (χ3v) is 1.78. The Kier molecular flexibility index (Phi) is 9.59. The third kappa shape index (κ3) is 9.67. The summed E-state index contributed by atoms with van der Waals surface area (Å²) in [6, 6.07) is 9.53. The maximum absolute atomic E-state index is 13.2. The Morgan fingerprint density at radius 1 is 1.24 bits per heavy atom. The van der Waals surface area contributed by atoms with Crippen molar-refractivity contribution in [3.63, 3.8) is 0 Å². The molecule has 1 radical (unpaired) electrons. The van der Waals surface area contributed by atoms with E-state index in [0.29, 0.717) is 5.69 Å². The van der Waals surface area contributed by atoms with Crippen molar-refractivity contribution >= 4 is 9.58 Å². The Morgan fingerprint density at radius 3 is 2.24 bits per heavy atom. The fourth-order valence-electron chi connectivity index (χ4n) is 1.15. The molecular formula is C16H16ClF2IrN. The number of rotatable bonds is 1. The first-order valence-corrected chi connectivity index (χ1v) is 8.94. The van der Waals surface area contributed by atoms with Gasteiger partial charge in [0.05, 0.1) is 0 Å². The fraction of sp³-hybridized carbons (Fsp3) is 0.250. The Balaban J connectivity index is 0.000000489. The van der Waals surface area contributed by atoms with Crippen LogP contribution in [0.4, 0.5) is 8.78 Å². The first kappa shape index (κ1) is 20.2. The topological polar surface area (TPSA) is 12.9 Å². The van der Waals surface area contributed by atoms with Crippen molar-refractivity contribution in [2.45, 2.75) is 20.8 Å². The molecule has 5 heteroatoms. The normalized spacial score (nSPS) is 9.90. The molecule has 0 N–H and O–H groups in total. The molecule has 1 heterocycles. The van der Waals surface area contributed by atoms with Gasteiger partial charge in [-0.25, -0.2) is 0 Å². The second-order valence-corrected chi connectivity index (χ2v) is 5.12. The summed E-state index contributed by atoms with van der Waals surface area (Å²) in [7, 11) is 4.64. The van der Waals surface area contributed by atoms with Crippen molar-refractivity contribution in [1.29, 1.82) is 0 Å². The molecule has 0 atom stereocenters. The number of benzene rings is 1. The van der Waals surface area contributed by atoms with Gasteiger partial charge in [0.25, 0.3) is 0 Å². The Bertz CT molecular complexity index is 522. The molecule has 21 heavy (non-hydrogen) atoms. The summed E-state index contributed by atoms with van der Waals surface area (Å²) in [4.78, 5) is 3.95. The van der Waals surface area contributed by atoms with Crippen LogP contribution < -0.4 is 0 Å². The zero-order valence-electron chi connectivity index (χ0n) is 12.0. The number of nitrogens with zero attached hydrogens (tertiary/aromatic N) is 1. The van der Waals surface area contributed by atoms with E-state index in [4.69, 9.17) is 6.92 Å². The van der Waals surface area contributed by atoms with E-state index < -0.39 is 11.6 Å². The van der Waals surface area contributed by atoms with E-state index in [0.717, 1.165) is 12.1 Å². The average Bonchev–Trinajstić information content (AvgIpc) is 2.40. The van der Waals surface area contributed by atoms with Gasteiger partial charge in [0.1, 0.15) is 0 Å². The molecule has 1 aromatic heterocycles. The summed E-state index contributed by atoms with van der Waals surface area (Å²) < 4.78 is 25.8. The van der Waals surface area contributed by atoms with Gasteiger partial charge < -0.3 is 11.9 Å². The number of hydrogen-bond donors (Lipinski definition) is 0. The van der Waals surface area contributed by atoms with Crippen molar-refractivity contribution in [1.82, 2.24) is 4.98 Å². The summed E-state index contributed by atoms with van der Waals surface area (Å²) in [5, 5.41) is 0. The minimum atomic E-state index is -0.649. The average molecular weight is 488 g/mol. The van der Waals surface area contributed by atoms with Crippen LogP contribution >= 0.6 is 9.58 Å². The molecule has 0 bridgehead atoms. The van der Waals surface area contributed by atoms with Crippen LogP contribution in [0.1, 0.15) is 20.8 Å². The van der Waals surface area contributed by atoms with Gasteiger partial charge in [-0.2, -0.15) is 5.41 Å². The molecule has 0 unspecified atom stereocenters. The van der Waals surface area contributed by atoms with Crippen LogP contribution in [0, 0.1) is 30.0 Å². The van der Waals surface area contributed by atoms with E-state index in [2.05, 4.69) is 20.6 Å². The summed E-state index contributed by atoms with van der Waals surface area (Å²) in [6.45, 7) is 11.2. The zero-order chi connectivity index (χ0) is 16.5. The molecule has 115 valence electrons. The van der Waals surface area contributed by atoms with Gasteiger partial charge in [-0.3, -0.25) is 8.78 Å². The second-order valence-electron chi connectivity index (χ2n) is 5.12. The number of hydrogen-bond acceptors (Lipinski definition) is 1. The van der Waals surface area contributed by atoms with Crippen LogP contribution in [0.5, 0.6) is 0 Å². The molecule has 0 aliphatic carbocycles. The van der Waals surface area contributed by atoms with Crippen LogP contribution in [-0.4, -0.2) is 4.98 Å². The molecular weight excluding hydrogens is 472 g/mol. The Hall–Kier alpha value is -0.831. The van der Waals surface area contributed by atoms with Gasteiger partial charge in [0.2, 0.25) is 0 Å². The summed E-state index contributed by atoms with van der Waals surface area (Å²) in [5.74, 6) is -1.29. The quantitative estimate of drug-likeness (QED) is 0.500. The molecule has 0 fully saturated rings. The third-order valence-electron chi connectivity index (χ3n) is 1.78. The van der Waals surface area contributed by atoms with E-state index in [1.807, 2.05) is 20.8 Å². The van der Waals surface area contributed by atoms with Crippen LogP contribution in [0.25, 0.3) is 11.3 Å². The molecule has 0 aliphatic rings. The first-order valence-electron chi connectivity index (χ1n) is 5.97. The van der Waals surface area contributed by atoms with Crippen molar-refractivity contribution < 1.29 is 26.7 Å². The van der Waals surface area contributed by atoms with Crippen molar-refractivity contribution in [2.75, 3.05) is 0 Å². The van der Waals surface area contributed by atoms with E-state index in [9.17, 15) is 8.78 Å². The van der Waals surface area contributed by atoms with E-state index in [-0.39, 0.29) is 11.0 Å². The van der Waals surface area contributed by atoms with Gasteiger partial charge in [-0.05, 0) is 11.8 Å². The van der Waals surface area contributed by atoms with E-state index >= 15 is 0 Å². The van der Waals surface area contributed by atoms with Crippen LogP contribution in [-0.2, 0) is 17.9 Å². The van der Waals surface area contributed by atoms with Gasteiger partial charge >= 0.3 is 27.5 Å². The molecule has 2 rings (SSSR count). The molecule has 1 aromatic carbocycles. The molecule has 1 nitrogen and oxygen atoms in total. The van der Waals surface area contributed by atoms with Crippen LogP contribution in [0.3, 0.4) is 0 Å². The van der Waals surface area contributed by atoms with E-state index in [1.54, 1.807) is 24.4 Å². The van der Waals surface area contributed by atoms with Gasteiger partial charge in [0, 0.05) is 17.8 Å². The van der Waals surface area contributed by atoms with Crippen LogP contribution in [0.15, 0.2) is 36.5 Å². The minimum absolute atomic E-state index is 0. The molecule has 0 spiro atoms. The van der Waals surface area contributed by atoms with Crippen molar-refractivity contribution in [3.05, 3.63) is 61.2 Å². The molecule has 2 aromatic rings. The maximum atomic E-state index is 13.2. The summed E-state index contributed by atoms with van der Waals surface area (Å²) >= 11 is 1.47. The van der Waals surface area contributed by atoms with Crippen molar-refractivity contribution in [2.24, 2.45) is 5.41 Å². The zero-order valence-corrected chi connectivity index (χ0v) is 15.1. The molecule has 0 saturated heterocycles. The van der Waals surface area contributed by atoms with Gasteiger partial charge in [0.15, 0.2) is 0 Å². The fourth-order valence-corrected chi connectivity index (χ4v) is 1.15.